The number of hydrogen-bond acceptors (Lipinski definition) is 6. The van der Waals surface area contributed by atoms with Gasteiger partial charge in [-0.3, -0.25) is 24.1 Å². The van der Waals surface area contributed by atoms with Crippen LogP contribution in [0, 0.1) is 0 Å². The molecular formula is C26H52N4O6. The molecule has 6 N–H and O–H groups in total. The van der Waals surface area contributed by atoms with Gasteiger partial charge in [0.1, 0.15) is 12.1 Å². The highest BCUT2D eigenvalue weighted by Gasteiger charge is 2.26. The van der Waals surface area contributed by atoms with Crippen molar-refractivity contribution in [2.75, 3.05) is 26.2 Å². The van der Waals surface area contributed by atoms with Gasteiger partial charge in [-0.2, -0.15) is 0 Å². The minimum Gasteiger partial charge on any atom is -0.480 e. The molecule has 212 valence electrons. The number of carbonyl (C=O) groups is 4. The molecule has 0 fully saturated rings. The number of nitrogens with zero attached hydrogens (tertiary/aromatic N) is 2. The Bertz CT molecular complexity index is 609. The van der Waals surface area contributed by atoms with Gasteiger partial charge >= 0.3 is 11.9 Å². The third-order valence-electron chi connectivity index (χ3n) is 6.00. The maximum atomic E-state index is 12.6. The zero-order valence-electron chi connectivity index (χ0n) is 23.0. The van der Waals surface area contributed by atoms with E-state index in [1.165, 1.54) is 12.8 Å². The molecule has 0 saturated carbocycles. The van der Waals surface area contributed by atoms with Crippen LogP contribution in [0.1, 0.15) is 105 Å². The quantitative estimate of drug-likeness (QED) is 0.169. The van der Waals surface area contributed by atoms with Gasteiger partial charge in [0, 0.05) is 25.9 Å². The number of likely N-dealkylation sites (N-methyl/N-ethyl adjacent to an activating group) is 1. The molecule has 0 radical (unpaired) electrons. The Morgan fingerprint density at radius 1 is 0.722 bits per heavy atom. The van der Waals surface area contributed by atoms with E-state index < -0.39 is 29.9 Å². The summed E-state index contributed by atoms with van der Waals surface area (Å²) >= 11 is 0. The molecule has 0 aromatic rings. The largest absolute Gasteiger partial charge is 0.480 e. The second-order valence-electron chi connectivity index (χ2n) is 9.12. The molecule has 0 unspecified atom stereocenters. The number of amides is 2. The monoisotopic (exact) mass is 516 g/mol. The molecule has 36 heavy (non-hydrogen) atoms. The van der Waals surface area contributed by atoms with Crippen LogP contribution in [0.15, 0.2) is 0 Å². The van der Waals surface area contributed by atoms with Gasteiger partial charge in [0.25, 0.3) is 0 Å². The van der Waals surface area contributed by atoms with Gasteiger partial charge in [0.2, 0.25) is 11.8 Å². The van der Waals surface area contributed by atoms with Gasteiger partial charge in [-0.15, -0.1) is 0 Å². The van der Waals surface area contributed by atoms with E-state index in [0.717, 1.165) is 58.2 Å². The predicted octanol–water partition coefficient (Wildman–Crippen LogP) is 3.21. The molecule has 0 heterocycles. The van der Waals surface area contributed by atoms with E-state index in [-0.39, 0.29) is 18.7 Å². The molecule has 0 spiro atoms. The van der Waals surface area contributed by atoms with Crippen LogP contribution >= 0.6 is 0 Å². The third kappa shape index (κ3) is 19.0. The van der Waals surface area contributed by atoms with Crippen molar-refractivity contribution in [2.24, 2.45) is 11.5 Å². The summed E-state index contributed by atoms with van der Waals surface area (Å²) in [5.41, 5.74) is 9.81. The molecule has 0 aliphatic carbocycles. The van der Waals surface area contributed by atoms with Crippen LogP contribution in [0.3, 0.4) is 0 Å². The van der Waals surface area contributed by atoms with Gasteiger partial charge in [0.05, 0.1) is 0 Å². The molecule has 0 bridgehead atoms. The van der Waals surface area contributed by atoms with Crippen LogP contribution in [0.4, 0.5) is 0 Å². The minimum atomic E-state index is -1.11. The number of primary amides is 1. The molecular weight excluding hydrogens is 464 g/mol. The number of hydrogen-bond donors (Lipinski definition) is 4. The number of carboxylic acid groups (broad SMARTS) is 2. The van der Waals surface area contributed by atoms with Gasteiger partial charge in [-0.1, -0.05) is 59.8 Å². The van der Waals surface area contributed by atoms with Crippen molar-refractivity contribution in [3.8, 4) is 0 Å². The van der Waals surface area contributed by atoms with Crippen molar-refractivity contribution >= 4 is 23.8 Å². The molecule has 2 amide bonds. The number of unbranched alkanes of at least 4 members (excludes halogenated alkanes) is 5. The summed E-state index contributed by atoms with van der Waals surface area (Å²) in [6.07, 6.45) is 9.54. The van der Waals surface area contributed by atoms with Gasteiger partial charge in [-0.05, 0) is 45.2 Å². The van der Waals surface area contributed by atoms with E-state index in [0.29, 0.717) is 19.4 Å². The van der Waals surface area contributed by atoms with Crippen molar-refractivity contribution in [1.82, 2.24) is 9.80 Å². The average molecular weight is 517 g/mol. The summed E-state index contributed by atoms with van der Waals surface area (Å²) < 4.78 is 0. The van der Waals surface area contributed by atoms with Crippen LogP contribution in [0.25, 0.3) is 0 Å². The molecule has 0 saturated heterocycles. The first-order valence-electron chi connectivity index (χ1n) is 13.6. The highest BCUT2D eigenvalue weighted by atomic mass is 16.4. The zero-order valence-corrected chi connectivity index (χ0v) is 23.0. The zero-order chi connectivity index (χ0) is 27.9. The van der Waals surface area contributed by atoms with Crippen LogP contribution < -0.4 is 11.5 Å². The first kappa shape index (κ1) is 36.0. The first-order valence-corrected chi connectivity index (χ1v) is 13.6. The Morgan fingerprint density at radius 3 is 1.69 bits per heavy atom. The molecule has 0 aliphatic rings. The maximum absolute atomic E-state index is 12.6. The Balaban J connectivity index is 0. The van der Waals surface area contributed by atoms with Crippen LogP contribution in [-0.4, -0.2) is 82.0 Å². The van der Waals surface area contributed by atoms with E-state index in [1.54, 1.807) is 0 Å². The number of rotatable bonds is 21. The van der Waals surface area contributed by atoms with Crippen LogP contribution in [0.2, 0.25) is 0 Å². The fraction of sp³-hybridized carbons (Fsp3) is 0.846. The molecule has 0 rings (SSSR count). The van der Waals surface area contributed by atoms with E-state index >= 15 is 0 Å². The van der Waals surface area contributed by atoms with Gasteiger partial charge in [-0.25, -0.2) is 0 Å². The highest BCUT2D eigenvalue weighted by Crippen LogP contribution is 2.13. The lowest BCUT2D eigenvalue weighted by Gasteiger charge is -2.29. The fourth-order valence-electron chi connectivity index (χ4n) is 3.64. The number of carbonyl (C=O) groups excluding carboxylic acids is 2. The van der Waals surface area contributed by atoms with Crippen molar-refractivity contribution in [3.05, 3.63) is 0 Å². The van der Waals surface area contributed by atoms with E-state index in [4.69, 9.17) is 16.6 Å². The molecule has 2 atom stereocenters. The van der Waals surface area contributed by atoms with Crippen molar-refractivity contribution in [2.45, 2.75) is 117 Å². The Labute approximate surface area is 217 Å². The van der Waals surface area contributed by atoms with Crippen molar-refractivity contribution in [3.63, 3.8) is 0 Å². The van der Waals surface area contributed by atoms with Crippen LogP contribution in [-0.2, 0) is 19.2 Å². The van der Waals surface area contributed by atoms with Crippen molar-refractivity contribution in [1.29, 1.82) is 0 Å². The molecule has 10 heteroatoms. The number of nitrogens with two attached hydrogens (primary N) is 2. The second-order valence-corrected chi connectivity index (χ2v) is 9.12. The normalized spacial score (nSPS) is 12.4. The topological polar surface area (TPSA) is 167 Å². The van der Waals surface area contributed by atoms with Gasteiger partial charge in [0.15, 0.2) is 0 Å². The van der Waals surface area contributed by atoms with E-state index in [2.05, 4.69) is 20.8 Å². The number of carboxylic acids is 2. The fourth-order valence-corrected chi connectivity index (χ4v) is 3.64. The van der Waals surface area contributed by atoms with Gasteiger partial charge < -0.3 is 26.6 Å². The summed E-state index contributed by atoms with van der Waals surface area (Å²) in [6, 6.07) is -1.53. The summed E-state index contributed by atoms with van der Waals surface area (Å²) in [7, 11) is 0. The first-order chi connectivity index (χ1) is 17.0. The summed E-state index contributed by atoms with van der Waals surface area (Å²) in [4.78, 5) is 48.4. The molecule has 0 aromatic carbocycles. The SMILES string of the molecule is CCCCCCN(CC)[C@@H](CCC(=O)N(CCCC)CCCC)C(=O)O.NC(=O)CC[C@H](N)C(=O)O. The molecule has 0 aromatic heterocycles. The van der Waals surface area contributed by atoms with Crippen LogP contribution in [0.5, 0.6) is 0 Å². The molecule has 10 nitrogen and oxygen atoms in total. The summed E-state index contributed by atoms with van der Waals surface area (Å²) in [5, 5.41) is 17.9. The lowest BCUT2D eigenvalue weighted by Crippen LogP contribution is -2.43. The maximum Gasteiger partial charge on any atom is 0.320 e. The average Bonchev–Trinajstić information content (AvgIpc) is 2.83. The Morgan fingerprint density at radius 2 is 1.28 bits per heavy atom. The lowest BCUT2D eigenvalue weighted by molar-refractivity contribution is -0.144. The minimum absolute atomic E-state index is 0.0213. The van der Waals surface area contributed by atoms with E-state index in [1.807, 2.05) is 16.7 Å². The smallest absolute Gasteiger partial charge is 0.320 e. The Hall–Kier alpha value is -2.20. The second kappa shape index (κ2) is 23.2. The standard InChI is InChI=1S/C21H42N2O3.C5H10N2O3/c1-5-9-12-13-18-22(8-4)19(21(25)26)14-15-20(24)23(16-10-6-2)17-11-7-3;6-3(5(9)10)1-2-4(7)8/h19H,5-18H2,1-4H3,(H,25,26);3H,1-2,6H2,(H2,7,8)(H,9,10)/t19-;3-/m00/s1. The van der Waals surface area contributed by atoms with E-state index in [9.17, 15) is 24.3 Å². The molecule has 0 aliphatic heterocycles. The highest BCUT2D eigenvalue weighted by molar-refractivity contribution is 5.78. The lowest BCUT2D eigenvalue weighted by atomic mass is 10.1. The Kier molecular flexibility index (Phi) is 23.2. The predicted molar refractivity (Wildman–Crippen MR) is 142 cm³/mol. The summed E-state index contributed by atoms with van der Waals surface area (Å²) in [5.74, 6) is -2.33. The van der Waals surface area contributed by atoms with Crippen molar-refractivity contribution < 1.29 is 29.4 Å². The third-order valence-corrected chi connectivity index (χ3v) is 6.00. The summed E-state index contributed by atoms with van der Waals surface area (Å²) in [6.45, 7) is 11.5. The number of aliphatic carboxylic acids is 2.